The number of benzene rings is 3. The molecule has 0 aliphatic rings. The number of nitrogens with zero attached hydrogens (tertiary/aromatic N) is 3. The predicted molar refractivity (Wildman–Crippen MR) is 111 cm³/mol. The van der Waals surface area contributed by atoms with Crippen LogP contribution in [0.15, 0.2) is 66.7 Å². The smallest absolute Gasteiger partial charge is 0.295 e. The summed E-state index contributed by atoms with van der Waals surface area (Å²) in [5.41, 5.74) is 1.34. The molecular weight excluding hydrogens is 433 g/mol. The van der Waals surface area contributed by atoms with E-state index in [0.717, 1.165) is 0 Å². The van der Waals surface area contributed by atoms with Crippen molar-refractivity contribution >= 4 is 34.8 Å². The first kappa shape index (κ1) is 20.0. The molecule has 0 spiro atoms. The van der Waals surface area contributed by atoms with E-state index in [2.05, 4.69) is 15.4 Å². The van der Waals surface area contributed by atoms with Crippen LogP contribution in [0.25, 0.3) is 17.1 Å². The van der Waals surface area contributed by atoms with Crippen molar-refractivity contribution in [3.05, 3.63) is 94.2 Å². The third kappa shape index (κ3) is 4.17. The molecule has 0 fully saturated rings. The minimum absolute atomic E-state index is 0.148. The monoisotopic (exact) mass is 444 g/mol. The molecule has 30 heavy (non-hydrogen) atoms. The van der Waals surface area contributed by atoms with Gasteiger partial charge in [0, 0.05) is 10.6 Å². The zero-order valence-corrected chi connectivity index (χ0v) is 16.6. The molecular formula is C21H12Cl2F2N4O. The van der Waals surface area contributed by atoms with E-state index in [9.17, 15) is 13.6 Å². The maximum atomic E-state index is 13.3. The van der Waals surface area contributed by atoms with Crippen LogP contribution in [0.4, 0.5) is 14.5 Å². The molecule has 0 aliphatic heterocycles. The largest absolute Gasteiger partial charge is 0.318 e. The van der Waals surface area contributed by atoms with Crippen LogP contribution in [-0.2, 0) is 0 Å². The summed E-state index contributed by atoms with van der Waals surface area (Å²) in [5, 5.41) is 7.57. The Bertz CT molecular complexity index is 1160. The Balaban J connectivity index is 1.75. The SMILES string of the molecule is O=C(Nc1ccc(Cl)cc1Cl)c1nc(-c2ccc(F)cc2)n(-c2ccc(F)cc2)n1. The number of rotatable bonds is 4. The fourth-order valence-electron chi connectivity index (χ4n) is 2.73. The van der Waals surface area contributed by atoms with Crippen molar-refractivity contribution < 1.29 is 13.6 Å². The van der Waals surface area contributed by atoms with Crippen LogP contribution in [0.2, 0.25) is 10.0 Å². The quantitative estimate of drug-likeness (QED) is 0.434. The zero-order chi connectivity index (χ0) is 21.3. The summed E-state index contributed by atoms with van der Waals surface area (Å²) < 4.78 is 28.1. The number of anilines is 1. The maximum absolute atomic E-state index is 13.3. The Hall–Kier alpha value is -3.29. The highest BCUT2D eigenvalue weighted by Gasteiger charge is 2.20. The summed E-state index contributed by atoms with van der Waals surface area (Å²) >= 11 is 12.0. The summed E-state index contributed by atoms with van der Waals surface area (Å²) in [4.78, 5) is 17.0. The number of carbonyl (C=O) groups excluding carboxylic acids is 1. The number of halogens is 4. The zero-order valence-electron chi connectivity index (χ0n) is 15.1. The van der Waals surface area contributed by atoms with Crippen molar-refractivity contribution in [3.8, 4) is 17.1 Å². The number of hydrogen-bond acceptors (Lipinski definition) is 3. The first-order valence-electron chi connectivity index (χ1n) is 8.66. The average Bonchev–Trinajstić information content (AvgIpc) is 3.17. The van der Waals surface area contributed by atoms with Gasteiger partial charge in [0.2, 0.25) is 5.82 Å². The molecule has 0 atom stereocenters. The Kier molecular flexibility index (Phi) is 5.48. The van der Waals surface area contributed by atoms with E-state index in [0.29, 0.717) is 22.0 Å². The molecule has 150 valence electrons. The van der Waals surface area contributed by atoms with E-state index in [1.165, 1.54) is 59.3 Å². The van der Waals surface area contributed by atoms with Crippen molar-refractivity contribution in [1.82, 2.24) is 14.8 Å². The Labute approximate surface area is 179 Å². The highest BCUT2D eigenvalue weighted by molar-refractivity contribution is 6.36. The molecule has 1 heterocycles. The lowest BCUT2D eigenvalue weighted by Crippen LogP contribution is -2.14. The number of hydrogen-bond donors (Lipinski definition) is 1. The summed E-state index contributed by atoms with van der Waals surface area (Å²) in [6.45, 7) is 0. The van der Waals surface area contributed by atoms with E-state index >= 15 is 0 Å². The van der Waals surface area contributed by atoms with E-state index in [1.807, 2.05) is 0 Å². The van der Waals surface area contributed by atoms with Gasteiger partial charge in [-0.25, -0.2) is 18.4 Å². The molecule has 5 nitrogen and oxygen atoms in total. The second-order valence-corrected chi connectivity index (χ2v) is 7.08. The third-order valence-corrected chi connectivity index (χ3v) is 4.71. The summed E-state index contributed by atoms with van der Waals surface area (Å²) in [6, 6.07) is 15.7. The molecule has 0 unspecified atom stereocenters. The third-order valence-electron chi connectivity index (χ3n) is 4.16. The molecule has 1 aromatic heterocycles. The van der Waals surface area contributed by atoms with Gasteiger partial charge in [0.1, 0.15) is 11.6 Å². The normalized spacial score (nSPS) is 10.8. The molecule has 0 saturated carbocycles. The van der Waals surface area contributed by atoms with Gasteiger partial charge in [-0.1, -0.05) is 23.2 Å². The molecule has 0 aliphatic carbocycles. The van der Waals surface area contributed by atoms with Crippen LogP contribution in [0.1, 0.15) is 10.6 Å². The highest BCUT2D eigenvalue weighted by Crippen LogP contribution is 2.26. The molecule has 1 amide bonds. The van der Waals surface area contributed by atoms with Crippen molar-refractivity contribution in [2.24, 2.45) is 0 Å². The van der Waals surface area contributed by atoms with Crippen LogP contribution in [0, 0.1) is 11.6 Å². The minimum Gasteiger partial charge on any atom is -0.318 e. The van der Waals surface area contributed by atoms with E-state index < -0.39 is 17.5 Å². The van der Waals surface area contributed by atoms with Gasteiger partial charge in [-0.2, -0.15) is 0 Å². The fourth-order valence-corrected chi connectivity index (χ4v) is 3.18. The number of aromatic nitrogens is 3. The predicted octanol–water partition coefficient (Wildman–Crippen LogP) is 5.77. The average molecular weight is 445 g/mol. The highest BCUT2D eigenvalue weighted by atomic mass is 35.5. The molecule has 0 bridgehead atoms. The van der Waals surface area contributed by atoms with Gasteiger partial charge < -0.3 is 5.32 Å². The molecule has 0 radical (unpaired) electrons. The van der Waals surface area contributed by atoms with Crippen LogP contribution in [0.3, 0.4) is 0 Å². The van der Waals surface area contributed by atoms with Gasteiger partial charge in [-0.15, -0.1) is 5.10 Å². The van der Waals surface area contributed by atoms with Crippen LogP contribution >= 0.6 is 23.2 Å². The number of amides is 1. The standard InChI is InChI=1S/C21H12Cl2F2N4O/c22-13-3-10-18(17(23)11-13)26-21(30)19-27-20(12-1-4-14(24)5-2-12)29(28-19)16-8-6-15(25)7-9-16/h1-11H,(H,26,30). The lowest BCUT2D eigenvalue weighted by Gasteiger charge is -2.06. The van der Waals surface area contributed by atoms with Crippen molar-refractivity contribution in [1.29, 1.82) is 0 Å². The van der Waals surface area contributed by atoms with Gasteiger partial charge in [0.05, 0.1) is 16.4 Å². The Morgan fingerprint density at radius 1 is 0.900 bits per heavy atom. The van der Waals surface area contributed by atoms with E-state index in [4.69, 9.17) is 23.2 Å². The maximum Gasteiger partial charge on any atom is 0.295 e. The van der Waals surface area contributed by atoms with Crippen molar-refractivity contribution in [2.45, 2.75) is 0 Å². The van der Waals surface area contributed by atoms with Gasteiger partial charge in [0.25, 0.3) is 5.91 Å². The van der Waals surface area contributed by atoms with Gasteiger partial charge >= 0.3 is 0 Å². The number of nitrogens with one attached hydrogen (secondary N) is 1. The van der Waals surface area contributed by atoms with Crippen LogP contribution in [-0.4, -0.2) is 20.7 Å². The first-order valence-corrected chi connectivity index (χ1v) is 9.41. The molecule has 1 N–H and O–H groups in total. The molecule has 4 rings (SSSR count). The topological polar surface area (TPSA) is 59.8 Å². The summed E-state index contributed by atoms with van der Waals surface area (Å²) in [5.74, 6) is -1.30. The second kappa shape index (κ2) is 8.22. The molecule has 4 aromatic rings. The van der Waals surface area contributed by atoms with E-state index in [1.54, 1.807) is 12.1 Å². The molecule has 0 saturated heterocycles. The lowest BCUT2D eigenvalue weighted by molar-refractivity contribution is 0.101. The van der Waals surface area contributed by atoms with Gasteiger partial charge in [0.15, 0.2) is 5.82 Å². The van der Waals surface area contributed by atoms with Gasteiger partial charge in [-0.3, -0.25) is 4.79 Å². The summed E-state index contributed by atoms with van der Waals surface area (Å²) in [7, 11) is 0. The van der Waals surface area contributed by atoms with Crippen LogP contribution < -0.4 is 5.32 Å². The number of carbonyl (C=O) groups is 1. The van der Waals surface area contributed by atoms with Gasteiger partial charge in [-0.05, 0) is 66.7 Å². The molecule has 9 heteroatoms. The summed E-state index contributed by atoms with van der Waals surface area (Å²) in [6.07, 6.45) is 0. The Morgan fingerprint density at radius 3 is 2.17 bits per heavy atom. The Morgan fingerprint density at radius 2 is 1.53 bits per heavy atom. The first-order chi connectivity index (χ1) is 14.4. The molecule has 3 aromatic carbocycles. The second-order valence-electron chi connectivity index (χ2n) is 6.23. The van der Waals surface area contributed by atoms with E-state index in [-0.39, 0.29) is 16.7 Å². The lowest BCUT2D eigenvalue weighted by atomic mass is 10.2. The van der Waals surface area contributed by atoms with Crippen molar-refractivity contribution in [2.75, 3.05) is 5.32 Å². The fraction of sp³-hybridized carbons (Fsp3) is 0. The minimum atomic E-state index is -0.608. The van der Waals surface area contributed by atoms with Crippen molar-refractivity contribution in [3.63, 3.8) is 0 Å². The van der Waals surface area contributed by atoms with Crippen LogP contribution in [0.5, 0.6) is 0 Å².